The van der Waals surface area contributed by atoms with Crippen LogP contribution in [0.15, 0.2) is 35.5 Å². The van der Waals surface area contributed by atoms with Gasteiger partial charge in [0, 0.05) is 0 Å². The van der Waals surface area contributed by atoms with Crippen molar-refractivity contribution in [2.45, 2.75) is 0 Å². The number of nitriles is 1. The second kappa shape index (κ2) is 3.50. The molecule has 64 valence electrons. The Morgan fingerprint density at radius 3 is 2.23 bits per heavy atom. The van der Waals surface area contributed by atoms with Gasteiger partial charge in [0.1, 0.15) is 11.6 Å². The molecule has 1 aliphatic carbocycles. The summed E-state index contributed by atoms with van der Waals surface area (Å²) in [5.41, 5.74) is -0.116. The van der Waals surface area contributed by atoms with Gasteiger partial charge in [0.15, 0.2) is 5.78 Å². The molecule has 0 bridgehead atoms. The summed E-state index contributed by atoms with van der Waals surface area (Å²) < 4.78 is 0. The van der Waals surface area contributed by atoms with E-state index in [0.717, 1.165) is 0 Å². The summed E-state index contributed by atoms with van der Waals surface area (Å²) in [6, 6.07) is 1.55. The number of carbonyl (C=O) groups is 2. The van der Waals surface area contributed by atoms with Crippen molar-refractivity contribution >= 4 is 11.8 Å². The lowest BCUT2D eigenvalue weighted by atomic mass is 10.0. The average molecular weight is 175 g/mol. The summed E-state index contributed by atoms with van der Waals surface area (Å²) in [7, 11) is 0. The van der Waals surface area contributed by atoms with Gasteiger partial charge in [0.2, 0.25) is 0 Å². The Balaban J connectivity index is 3.14. The van der Waals surface area contributed by atoms with Gasteiger partial charge in [0.25, 0.3) is 0 Å². The largest absolute Gasteiger partial charge is 0.477 e. The van der Waals surface area contributed by atoms with Crippen LogP contribution in [0.5, 0.6) is 0 Å². The van der Waals surface area contributed by atoms with E-state index in [-0.39, 0.29) is 16.9 Å². The Bertz CT molecular complexity index is 376. The van der Waals surface area contributed by atoms with E-state index in [4.69, 9.17) is 10.4 Å². The molecule has 0 unspecified atom stereocenters. The van der Waals surface area contributed by atoms with Crippen LogP contribution in [-0.2, 0) is 9.59 Å². The number of aliphatic carboxylic acids is 1. The molecule has 0 spiro atoms. The van der Waals surface area contributed by atoms with Crippen LogP contribution in [0.4, 0.5) is 0 Å². The molecule has 0 saturated carbocycles. The van der Waals surface area contributed by atoms with Gasteiger partial charge in [0.05, 0.1) is 0 Å². The number of hydrogen-bond donors (Lipinski definition) is 1. The van der Waals surface area contributed by atoms with Gasteiger partial charge in [-0.2, -0.15) is 5.26 Å². The molecule has 0 heterocycles. The molecule has 0 amide bonds. The van der Waals surface area contributed by atoms with E-state index in [2.05, 4.69) is 0 Å². The van der Waals surface area contributed by atoms with Gasteiger partial charge in [-0.05, 0) is 29.9 Å². The normalized spacial score (nSPS) is 14.1. The zero-order valence-corrected chi connectivity index (χ0v) is 6.52. The monoisotopic (exact) mass is 175 g/mol. The Labute approximate surface area is 74.1 Å². The Hall–Kier alpha value is -2.15. The molecular formula is C9H5NO3. The van der Waals surface area contributed by atoms with E-state index in [0.29, 0.717) is 0 Å². The average Bonchev–Trinajstić information content (AvgIpc) is 2.09. The van der Waals surface area contributed by atoms with Gasteiger partial charge in [-0.25, -0.2) is 4.79 Å². The molecule has 1 aliphatic rings. The van der Waals surface area contributed by atoms with Crippen molar-refractivity contribution in [3.05, 3.63) is 35.5 Å². The molecule has 0 aromatic rings. The highest BCUT2D eigenvalue weighted by Gasteiger charge is 2.11. The van der Waals surface area contributed by atoms with E-state index in [1.807, 2.05) is 0 Å². The predicted octanol–water partition coefficient (Wildman–Crippen LogP) is 0.586. The summed E-state index contributed by atoms with van der Waals surface area (Å²) in [6.45, 7) is 0. The lowest BCUT2D eigenvalue weighted by molar-refractivity contribution is -0.132. The maximum absolute atomic E-state index is 10.7. The van der Waals surface area contributed by atoms with Gasteiger partial charge in [-0.15, -0.1) is 0 Å². The number of carbonyl (C=O) groups excluding carboxylic acids is 1. The van der Waals surface area contributed by atoms with E-state index < -0.39 is 5.97 Å². The molecule has 0 atom stereocenters. The smallest absolute Gasteiger partial charge is 0.347 e. The molecule has 4 nitrogen and oxygen atoms in total. The van der Waals surface area contributed by atoms with Crippen LogP contribution in [-0.4, -0.2) is 16.9 Å². The molecule has 0 aromatic carbocycles. The van der Waals surface area contributed by atoms with Crippen molar-refractivity contribution in [1.82, 2.24) is 0 Å². The molecule has 0 saturated heterocycles. The van der Waals surface area contributed by atoms with Crippen LogP contribution in [0.2, 0.25) is 0 Å². The third-order valence-electron chi connectivity index (χ3n) is 1.47. The van der Waals surface area contributed by atoms with E-state index in [1.54, 1.807) is 6.07 Å². The molecule has 0 aromatic heterocycles. The van der Waals surface area contributed by atoms with Crippen molar-refractivity contribution in [3.8, 4) is 6.07 Å². The molecule has 0 radical (unpaired) electrons. The van der Waals surface area contributed by atoms with E-state index >= 15 is 0 Å². The third-order valence-corrected chi connectivity index (χ3v) is 1.47. The van der Waals surface area contributed by atoms with Gasteiger partial charge in [-0.3, -0.25) is 4.79 Å². The SMILES string of the molecule is N#CC(C(=O)O)=C1C=CC(=O)C=C1. The summed E-state index contributed by atoms with van der Waals surface area (Å²) in [6.07, 6.45) is 5.06. The highest BCUT2D eigenvalue weighted by Crippen LogP contribution is 2.11. The Kier molecular flexibility index (Phi) is 2.41. The minimum atomic E-state index is -1.29. The number of carboxylic acid groups (broad SMARTS) is 1. The fraction of sp³-hybridized carbons (Fsp3) is 0. The maximum atomic E-state index is 10.7. The van der Waals surface area contributed by atoms with Crippen LogP contribution in [0.3, 0.4) is 0 Å². The number of nitrogens with zero attached hydrogens (tertiary/aromatic N) is 1. The molecule has 1 rings (SSSR count). The lowest BCUT2D eigenvalue weighted by Crippen LogP contribution is -2.03. The van der Waals surface area contributed by atoms with Crippen molar-refractivity contribution in [2.75, 3.05) is 0 Å². The molecule has 0 aliphatic heterocycles. The highest BCUT2D eigenvalue weighted by atomic mass is 16.4. The molecular weight excluding hydrogens is 170 g/mol. The number of rotatable bonds is 1. The van der Waals surface area contributed by atoms with Crippen molar-refractivity contribution in [1.29, 1.82) is 5.26 Å². The summed E-state index contributed by atoms with van der Waals surface area (Å²) in [5.74, 6) is -1.51. The summed E-state index contributed by atoms with van der Waals surface area (Å²) >= 11 is 0. The Morgan fingerprint density at radius 2 is 1.85 bits per heavy atom. The highest BCUT2D eigenvalue weighted by molar-refractivity contribution is 6.03. The van der Waals surface area contributed by atoms with Crippen LogP contribution in [0, 0.1) is 11.3 Å². The van der Waals surface area contributed by atoms with Gasteiger partial charge >= 0.3 is 5.97 Å². The molecule has 1 N–H and O–H groups in total. The first-order valence-electron chi connectivity index (χ1n) is 3.43. The Morgan fingerprint density at radius 1 is 1.31 bits per heavy atom. The van der Waals surface area contributed by atoms with Gasteiger partial charge in [-0.1, -0.05) is 0 Å². The summed E-state index contributed by atoms with van der Waals surface area (Å²) in [5, 5.41) is 17.0. The van der Waals surface area contributed by atoms with Gasteiger partial charge < -0.3 is 5.11 Å². The van der Waals surface area contributed by atoms with Crippen LogP contribution < -0.4 is 0 Å². The fourth-order valence-electron chi connectivity index (χ4n) is 0.857. The number of hydrogen-bond acceptors (Lipinski definition) is 3. The first-order chi connectivity index (χ1) is 6.15. The minimum absolute atomic E-state index is 0.216. The minimum Gasteiger partial charge on any atom is -0.477 e. The predicted molar refractivity (Wildman–Crippen MR) is 43.6 cm³/mol. The summed E-state index contributed by atoms with van der Waals surface area (Å²) in [4.78, 5) is 21.1. The third kappa shape index (κ3) is 1.91. The first kappa shape index (κ1) is 8.94. The molecule has 4 heteroatoms. The quantitative estimate of drug-likeness (QED) is 0.467. The van der Waals surface area contributed by atoms with Crippen LogP contribution in [0.1, 0.15) is 0 Å². The van der Waals surface area contributed by atoms with E-state index in [1.165, 1.54) is 24.3 Å². The van der Waals surface area contributed by atoms with Crippen molar-refractivity contribution in [3.63, 3.8) is 0 Å². The lowest BCUT2D eigenvalue weighted by Gasteiger charge is -1.99. The molecule has 13 heavy (non-hydrogen) atoms. The van der Waals surface area contributed by atoms with Crippen molar-refractivity contribution in [2.24, 2.45) is 0 Å². The first-order valence-corrected chi connectivity index (χ1v) is 3.43. The zero-order valence-electron chi connectivity index (χ0n) is 6.52. The topological polar surface area (TPSA) is 78.2 Å². The maximum Gasteiger partial charge on any atom is 0.347 e. The number of ketones is 1. The van der Waals surface area contributed by atoms with Crippen molar-refractivity contribution < 1.29 is 14.7 Å². The molecule has 0 fully saturated rings. The standard InChI is InChI=1S/C9H5NO3/c10-5-8(9(12)13)6-1-3-7(11)4-2-6/h1-4H,(H,12,13). The second-order valence-electron chi connectivity index (χ2n) is 2.32. The fourth-order valence-corrected chi connectivity index (χ4v) is 0.857. The number of allylic oxidation sites excluding steroid dienone is 5. The number of carboxylic acids is 1. The van der Waals surface area contributed by atoms with Crippen LogP contribution >= 0.6 is 0 Å². The second-order valence-corrected chi connectivity index (χ2v) is 2.32. The van der Waals surface area contributed by atoms with Crippen LogP contribution in [0.25, 0.3) is 0 Å². The zero-order chi connectivity index (χ0) is 9.84. The van der Waals surface area contributed by atoms with E-state index in [9.17, 15) is 9.59 Å².